The van der Waals surface area contributed by atoms with Crippen molar-refractivity contribution in [3.8, 4) is 0 Å². The Morgan fingerprint density at radius 1 is 1.42 bits per heavy atom. The van der Waals surface area contributed by atoms with Gasteiger partial charge in [-0.25, -0.2) is 4.79 Å². The largest absolute Gasteiger partial charge is 0.449 e. The van der Waals surface area contributed by atoms with E-state index in [1.807, 2.05) is 0 Å². The smallest absolute Gasteiger partial charge is 0.373 e. The van der Waals surface area contributed by atoms with Crippen molar-refractivity contribution in [1.29, 1.82) is 0 Å². The fourth-order valence-corrected chi connectivity index (χ4v) is 2.18. The number of carbonyl (C=O) groups excluding carboxylic acids is 1. The third kappa shape index (κ3) is 1.95. The quantitative estimate of drug-likeness (QED) is 0.487. The lowest BCUT2D eigenvalue weighted by molar-refractivity contribution is -0.355. The molecule has 0 spiro atoms. The molecule has 8 heteroatoms. The molecule has 2 fully saturated rings. The number of hydrogen-bond acceptors (Lipinski definition) is 8. The molecule has 2 aliphatic rings. The van der Waals surface area contributed by atoms with E-state index >= 15 is 0 Å². The minimum Gasteiger partial charge on any atom is -0.449 e. The van der Waals surface area contributed by atoms with E-state index in [1.165, 1.54) is 0 Å². The Balaban J connectivity index is 2.33. The molecule has 2 rings (SSSR count). The van der Waals surface area contributed by atoms with E-state index in [9.17, 15) is 15.0 Å². The van der Waals surface area contributed by atoms with Crippen molar-refractivity contribution >= 4 is 5.97 Å². The predicted octanol–water partition coefficient (Wildman–Crippen LogP) is -1.27. The highest BCUT2D eigenvalue weighted by molar-refractivity contribution is 5.82. The van der Waals surface area contributed by atoms with Crippen LogP contribution in [-0.4, -0.2) is 66.5 Å². The summed E-state index contributed by atoms with van der Waals surface area (Å²) in [5.74, 6) is -8.51. The van der Waals surface area contributed by atoms with E-state index in [0.717, 1.165) is 7.11 Å². The first-order valence-corrected chi connectivity index (χ1v) is 5.57. The van der Waals surface area contributed by atoms with Crippen LogP contribution in [0.3, 0.4) is 0 Å². The molecule has 2 heterocycles. The van der Waals surface area contributed by atoms with Crippen LogP contribution in [-0.2, 0) is 28.5 Å². The van der Waals surface area contributed by atoms with Gasteiger partial charge in [0.05, 0.1) is 10.7 Å². The lowest BCUT2D eigenvalue weighted by atomic mass is 9.99. The van der Waals surface area contributed by atoms with Gasteiger partial charge in [0.25, 0.3) is 5.79 Å². The first-order valence-electron chi connectivity index (χ1n) is 7.07. The average Bonchev–Trinajstić information content (AvgIpc) is 2.79. The first kappa shape index (κ1) is 11.0. The zero-order chi connectivity index (χ0) is 17.0. The Labute approximate surface area is 114 Å². The molecular weight excluding hydrogens is 260 g/mol. The summed E-state index contributed by atoms with van der Waals surface area (Å²) in [5.41, 5.74) is 0. The maximum Gasteiger partial charge on any atom is 0.373 e. The molecule has 2 N–H and O–H groups in total. The SMILES string of the molecule is [2H]C([2H])([2H])OC1(O)C(=O)OC(C2COC(C)(C)O2)C1(O)OC. The second-order valence-corrected chi connectivity index (χ2v) is 4.84. The van der Waals surface area contributed by atoms with Crippen LogP contribution in [0.1, 0.15) is 18.0 Å². The van der Waals surface area contributed by atoms with Crippen molar-refractivity contribution in [2.45, 2.75) is 43.4 Å². The minimum absolute atomic E-state index is 0.0690. The molecule has 2 saturated heterocycles. The Hall–Kier alpha value is -0.770. The van der Waals surface area contributed by atoms with E-state index in [-0.39, 0.29) is 6.61 Å². The zero-order valence-corrected chi connectivity index (χ0v) is 10.7. The molecule has 0 bridgehead atoms. The van der Waals surface area contributed by atoms with Gasteiger partial charge in [0.1, 0.15) is 6.10 Å². The normalized spacial score (nSPS) is 48.5. The Bertz CT molecular complexity index is 467. The van der Waals surface area contributed by atoms with Crippen molar-refractivity contribution in [2.75, 3.05) is 20.8 Å². The van der Waals surface area contributed by atoms with Gasteiger partial charge in [-0.15, -0.1) is 0 Å². The van der Waals surface area contributed by atoms with Gasteiger partial charge < -0.3 is 33.9 Å². The van der Waals surface area contributed by atoms with Gasteiger partial charge >= 0.3 is 11.8 Å². The molecule has 0 aromatic carbocycles. The maximum absolute atomic E-state index is 11.9. The standard InChI is InChI=1S/C11H18O8/c1-9(2)17-5-6(19-9)7-10(13,15-3)11(14,16-4)8(12)18-7/h6-7,13-14H,5H2,1-4H3/i4D3. The summed E-state index contributed by atoms with van der Waals surface area (Å²) >= 11 is 0. The second-order valence-electron chi connectivity index (χ2n) is 4.84. The highest BCUT2D eigenvalue weighted by Crippen LogP contribution is 2.42. The van der Waals surface area contributed by atoms with Crippen molar-refractivity contribution in [2.24, 2.45) is 0 Å². The van der Waals surface area contributed by atoms with Crippen molar-refractivity contribution in [3.05, 3.63) is 0 Å². The molecule has 0 aromatic heterocycles. The third-order valence-electron chi connectivity index (χ3n) is 3.21. The molecule has 8 nitrogen and oxygen atoms in total. The number of aliphatic hydroxyl groups is 2. The van der Waals surface area contributed by atoms with Gasteiger partial charge in [-0.05, 0) is 13.8 Å². The van der Waals surface area contributed by atoms with Crippen LogP contribution in [0.15, 0.2) is 0 Å². The Morgan fingerprint density at radius 2 is 2.11 bits per heavy atom. The molecule has 0 aromatic rings. The minimum atomic E-state index is -3.23. The molecule has 19 heavy (non-hydrogen) atoms. The Kier molecular flexibility index (Phi) is 2.52. The number of rotatable bonds is 3. The van der Waals surface area contributed by atoms with Crippen molar-refractivity contribution < 1.29 is 42.8 Å². The third-order valence-corrected chi connectivity index (χ3v) is 3.21. The predicted molar refractivity (Wildman–Crippen MR) is 58.7 cm³/mol. The second kappa shape index (κ2) is 4.37. The van der Waals surface area contributed by atoms with Gasteiger partial charge in [-0.2, -0.15) is 0 Å². The summed E-state index contributed by atoms with van der Waals surface area (Å²) in [4.78, 5) is 11.9. The van der Waals surface area contributed by atoms with Gasteiger partial charge in [-0.1, -0.05) is 0 Å². The number of cyclic esters (lactones) is 1. The number of hydrogen-bond donors (Lipinski definition) is 2. The van der Waals surface area contributed by atoms with E-state index in [2.05, 4.69) is 4.74 Å². The molecule has 0 amide bonds. The highest BCUT2D eigenvalue weighted by atomic mass is 16.8. The van der Waals surface area contributed by atoms with Crippen molar-refractivity contribution in [3.63, 3.8) is 0 Å². The lowest BCUT2D eigenvalue weighted by Gasteiger charge is -2.35. The monoisotopic (exact) mass is 281 g/mol. The summed E-state index contributed by atoms with van der Waals surface area (Å²) in [6.45, 7) is 3.13. The fraction of sp³-hybridized carbons (Fsp3) is 0.909. The summed E-state index contributed by atoms with van der Waals surface area (Å²) in [6, 6.07) is 0. The summed E-state index contributed by atoms with van der Waals surface area (Å²) in [6.07, 6.45) is -2.53. The van der Waals surface area contributed by atoms with Crippen LogP contribution >= 0.6 is 0 Å². The van der Waals surface area contributed by atoms with E-state index in [1.54, 1.807) is 13.8 Å². The van der Waals surface area contributed by atoms with E-state index in [4.69, 9.17) is 23.1 Å². The van der Waals surface area contributed by atoms with E-state index < -0.39 is 42.6 Å². The number of ether oxygens (including phenoxy) is 5. The Morgan fingerprint density at radius 3 is 2.58 bits per heavy atom. The summed E-state index contributed by atoms with van der Waals surface area (Å²) in [5, 5.41) is 20.8. The van der Waals surface area contributed by atoms with E-state index in [0.29, 0.717) is 0 Å². The summed E-state index contributed by atoms with van der Waals surface area (Å²) in [7, 11) is -2.22. The van der Waals surface area contributed by atoms with Gasteiger partial charge in [0.15, 0.2) is 11.9 Å². The molecule has 0 aliphatic carbocycles. The first-order chi connectivity index (χ1) is 9.85. The molecular formula is C11H18O8. The summed E-state index contributed by atoms with van der Waals surface area (Å²) < 4.78 is 45.8. The lowest BCUT2D eigenvalue weighted by Crippen LogP contribution is -2.62. The van der Waals surface area contributed by atoms with Gasteiger partial charge in [0.2, 0.25) is 0 Å². The van der Waals surface area contributed by atoms with Crippen LogP contribution in [0.5, 0.6) is 0 Å². The average molecular weight is 281 g/mol. The fourth-order valence-electron chi connectivity index (χ4n) is 2.18. The molecule has 2 aliphatic heterocycles. The van der Waals surface area contributed by atoms with Gasteiger partial charge in [0, 0.05) is 14.1 Å². The van der Waals surface area contributed by atoms with Crippen LogP contribution in [0.25, 0.3) is 0 Å². The zero-order valence-electron chi connectivity index (χ0n) is 13.7. The number of carbonyl (C=O) groups is 1. The maximum atomic E-state index is 11.9. The number of esters is 1. The number of methoxy groups -OCH3 is 2. The highest BCUT2D eigenvalue weighted by Gasteiger charge is 2.72. The molecule has 0 saturated carbocycles. The van der Waals surface area contributed by atoms with Crippen LogP contribution in [0.2, 0.25) is 0 Å². The molecule has 4 atom stereocenters. The van der Waals surface area contributed by atoms with Gasteiger partial charge in [-0.3, -0.25) is 0 Å². The topological polar surface area (TPSA) is 104 Å². The van der Waals surface area contributed by atoms with Crippen molar-refractivity contribution in [1.82, 2.24) is 0 Å². The molecule has 4 unspecified atom stereocenters. The molecule has 0 radical (unpaired) electrons. The van der Waals surface area contributed by atoms with Crippen LogP contribution in [0.4, 0.5) is 0 Å². The van der Waals surface area contributed by atoms with Crippen LogP contribution in [0, 0.1) is 0 Å². The molecule has 110 valence electrons. The van der Waals surface area contributed by atoms with Crippen LogP contribution < -0.4 is 0 Å².